The van der Waals surface area contributed by atoms with Crippen molar-refractivity contribution in [3.63, 3.8) is 0 Å². The van der Waals surface area contributed by atoms with E-state index in [0.717, 1.165) is 31.1 Å². The van der Waals surface area contributed by atoms with Crippen molar-refractivity contribution in [3.05, 3.63) is 35.5 Å². The van der Waals surface area contributed by atoms with E-state index in [2.05, 4.69) is 25.5 Å². The number of hydrogen-bond acceptors (Lipinski definition) is 7. The van der Waals surface area contributed by atoms with Crippen molar-refractivity contribution < 1.29 is 22.7 Å². The lowest BCUT2D eigenvalue weighted by molar-refractivity contribution is -0.137. The third kappa shape index (κ3) is 6.29. The Morgan fingerprint density at radius 1 is 1.02 bits per heavy atom. The minimum absolute atomic E-state index is 0.0243. The van der Waals surface area contributed by atoms with E-state index in [9.17, 15) is 18.0 Å². The predicted molar refractivity (Wildman–Crippen MR) is 148 cm³/mol. The number of amides is 1. The van der Waals surface area contributed by atoms with Crippen LogP contribution in [0.25, 0.3) is 0 Å². The quantitative estimate of drug-likeness (QED) is 0.443. The van der Waals surface area contributed by atoms with Crippen molar-refractivity contribution in [2.75, 3.05) is 51.0 Å². The molecule has 2 atom stereocenters. The van der Waals surface area contributed by atoms with Crippen LogP contribution in [0.4, 0.5) is 30.6 Å². The topological polar surface area (TPSA) is 82.6 Å². The summed E-state index contributed by atoms with van der Waals surface area (Å²) in [6, 6.07) is 5.63. The molecule has 2 aliphatic carbocycles. The minimum atomic E-state index is -4.57. The molecule has 8 nitrogen and oxygen atoms in total. The van der Waals surface area contributed by atoms with Gasteiger partial charge in [0.15, 0.2) is 0 Å². The number of hydrogen-bond donors (Lipinski definition) is 2. The maximum Gasteiger partial charge on any atom is 0.421 e. The molecule has 40 heavy (non-hydrogen) atoms. The van der Waals surface area contributed by atoms with Gasteiger partial charge in [0, 0.05) is 51.0 Å². The Morgan fingerprint density at radius 3 is 2.42 bits per heavy atom. The SMILES string of the molecule is CNc1nc(Nc2ccc(C(=O)N3CCN(C4CCCC(C5CCCC5)C4)CC3)cc2OC)ncc1C(F)(F)F. The van der Waals surface area contributed by atoms with E-state index >= 15 is 0 Å². The fourth-order valence-electron chi connectivity index (χ4n) is 6.75. The number of nitrogens with zero attached hydrogens (tertiary/aromatic N) is 4. The Labute approximate surface area is 233 Å². The summed E-state index contributed by atoms with van der Waals surface area (Å²) in [5.74, 6) is 1.76. The highest BCUT2D eigenvalue weighted by Crippen LogP contribution is 2.41. The number of anilines is 3. The highest BCUT2D eigenvalue weighted by molar-refractivity contribution is 5.95. The molecular formula is C29H39F3N6O2. The van der Waals surface area contributed by atoms with Gasteiger partial charge in [-0.1, -0.05) is 38.5 Å². The molecule has 3 fully saturated rings. The normalized spacial score (nSPS) is 22.8. The van der Waals surface area contributed by atoms with Gasteiger partial charge in [-0.2, -0.15) is 18.2 Å². The second-order valence-corrected chi connectivity index (χ2v) is 11.2. The maximum absolute atomic E-state index is 13.4. The number of piperazine rings is 1. The number of nitrogens with one attached hydrogen (secondary N) is 2. The van der Waals surface area contributed by atoms with Gasteiger partial charge in [0.1, 0.15) is 17.1 Å². The van der Waals surface area contributed by atoms with Gasteiger partial charge in [-0.05, 0) is 42.9 Å². The van der Waals surface area contributed by atoms with Gasteiger partial charge in [-0.25, -0.2) is 4.98 Å². The predicted octanol–water partition coefficient (Wildman–Crippen LogP) is 5.80. The van der Waals surface area contributed by atoms with E-state index in [4.69, 9.17) is 4.74 Å². The van der Waals surface area contributed by atoms with Crippen LogP contribution in [0.5, 0.6) is 5.75 Å². The van der Waals surface area contributed by atoms with Gasteiger partial charge in [0.2, 0.25) is 5.95 Å². The van der Waals surface area contributed by atoms with Crippen LogP contribution in [0.3, 0.4) is 0 Å². The number of halogens is 3. The zero-order chi connectivity index (χ0) is 28.3. The molecule has 5 rings (SSSR count). The van der Waals surface area contributed by atoms with Crippen molar-refractivity contribution in [2.45, 2.75) is 63.6 Å². The fraction of sp³-hybridized carbons (Fsp3) is 0.621. The number of aromatic nitrogens is 2. The van der Waals surface area contributed by atoms with Crippen LogP contribution in [0.2, 0.25) is 0 Å². The number of rotatable bonds is 7. The third-order valence-electron chi connectivity index (χ3n) is 8.90. The lowest BCUT2D eigenvalue weighted by Gasteiger charge is -2.43. The van der Waals surface area contributed by atoms with Crippen molar-refractivity contribution in [1.82, 2.24) is 19.8 Å². The molecular weight excluding hydrogens is 521 g/mol. The van der Waals surface area contributed by atoms with E-state index < -0.39 is 11.7 Å². The number of benzene rings is 1. The van der Waals surface area contributed by atoms with E-state index in [1.54, 1.807) is 18.2 Å². The average molecular weight is 561 g/mol. The molecule has 11 heteroatoms. The molecule has 0 bridgehead atoms. The van der Waals surface area contributed by atoms with Crippen molar-refractivity contribution in [3.8, 4) is 5.75 Å². The second-order valence-electron chi connectivity index (χ2n) is 11.2. The van der Waals surface area contributed by atoms with E-state index in [-0.39, 0.29) is 17.7 Å². The highest BCUT2D eigenvalue weighted by atomic mass is 19.4. The van der Waals surface area contributed by atoms with Crippen LogP contribution in [0.15, 0.2) is 24.4 Å². The van der Waals surface area contributed by atoms with Gasteiger partial charge in [0.05, 0.1) is 12.8 Å². The minimum Gasteiger partial charge on any atom is -0.495 e. The molecule has 0 spiro atoms. The molecule has 218 valence electrons. The van der Waals surface area contributed by atoms with Crippen LogP contribution in [0, 0.1) is 11.8 Å². The summed E-state index contributed by atoms with van der Waals surface area (Å²) in [5, 5.41) is 5.36. The Hall–Kier alpha value is -3.08. The van der Waals surface area contributed by atoms with E-state index in [1.165, 1.54) is 65.5 Å². The average Bonchev–Trinajstić information content (AvgIpc) is 3.52. The summed E-state index contributed by atoms with van der Waals surface area (Å²) in [6.45, 7) is 3.17. The number of carbonyl (C=O) groups excluding carboxylic acids is 1. The molecule has 2 N–H and O–H groups in total. The largest absolute Gasteiger partial charge is 0.495 e. The van der Waals surface area contributed by atoms with Crippen molar-refractivity contribution in [1.29, 1.82) is 0 Å². The Kier molecular flexibility index (Phi) is 8.68. The molecule has 1 amide bonds. The summed E-state index contributed by atoms with van der Waals surface area (Å²) in [7, 11) is 2.84. The first-order valence-corrected chi connectivity index (χ1v) is 14.4. The molecule has 3 aliphatic rings. The summed E-state index contributed by atoms with van der Waals surface area (Å²) in [5.41, 5.74) is -0.00969. The number of ether oxygens (including phenoxy) is 1. The lowest BCUT2D eigenvalue weighted by atomic mass is 9.76. The van der Waals surface area contributed by atoms with Crippen LogP contribution in [-0.4, -0.2) is 72.1 Å². The van der Waals surface area contributed by atoms with Gasteiger partial charge < -0.3 is 20.3 Å². The molecule has 2 saturated carbocycles. The fourth-order valence-corrected chi connectivity index (χ4v) is 6.75. The number of carbonyl (C=O) groups is 1. The zero-order valence-electron chi connectivity index (χ0n) is 23.3. The Morgan fingerprint density at radius 2 is 1.75 bits per heavy atom. The van der Waals surface area contributed by atoms with Crippen LogP contribution in [-0.2, 0) is 6.18 Å². The van der Waals surface area contributed by atoms with E-state index in [0.29, 0.717) is 36.1 Å². The highest BCUT2D eigenvalue weighted by Gasteiger charge is 2.36. The number of methoxy groups -OCH3 is 1. The molecule has 1 aromatic heterocycles. The van der Waals surface area contributed by atoms with Crippen LogP contribution < -0.4 is 15.4 Å². The summed E-state index contributed by atoms with van der Waals surface area (Å²) < 4.78 is 45.0. The van der Waals surface area contributed by atoms with Crippen molar-refractivity contribution in [2.24, 2.45) is 11.8 Å². The molecule has 1 aromatic carbocycles. The summed E-state index contributed by atoms with van der Waals surface area (Å²) >= 11 is 0. The Bertz CT molecular complexity index is 1180. The first-order valence-electron chi connectivity index (χ1n) is 14.4. The zero-order valence-corrected chi connectivity index (χ0v) is 23.3. The van der Waals surface area contributed by atoms with Gasteiger partial charge in [-0.3, -0.25) is 9.69 Å². The van der Waals surface area contributed by atoms with Gasteiger partial charge >= 0.3 is 6.18 Å². The molecule has 1 aliphatic heterocycles. The molecule has 1 saturated heterocycles. The summed E-state index contributed by atoms with van der Waals surface area (Å²) in [4.78, 5) is 25.6. The second kappa shape index (κ2) is 12.2. The smallest absolute Gasteiger partial charge is 0.421 e. The molecule has 0 radical (unpaired) electrons. The lowest BCUT2D eigenvalue weighted by Crippen LogP contribution is -2.53. The van der Waals surface area contributed by atoms with Crippen molar-refractivity contribution >= 4 is 23.4 Å². The van der Waals surface area contributed by atoms with Gasteiger partial charge in [0.25, 0.3) is 5.91 Å². The monoisotopic (exact) mass is 560 g/mol. The van der Waals surface area contributed by atoms with Crippen LogP contribution in [0.1, 0.15) is 67.3 Å². The molecule has 2 unspecified atom stereocenters. The van der Waals surface area contributed by atoms with Crippen LogP contribution >= 0.6 is 0 Å². The molecule has 2 aromatic rings. The first kappa shape index (κ1) is 28.4. The Balaban J connectivity index is 1.20. The third-order valence-corrected chi connectivity index (χ3v) is 8.90. The molecule has 2 heterocycles. The van der Waals surface area contributed by atoms with Gasteiger partial charge in [-0.15, -0.1) is 0 Å². The number of alkyl halides is 3. The summed E-state index contributed by atoms with van der Waals surface area (Å²) in [6.07, 6.45) is 7.04. The maximum atomic E-state index is 13.4. The standard InChI is InChI=1S/C29H39F3N6O2/c1-33-26-23(29(30,31)32)18-34-28(36-26)35-24-11-10-21(17-25(24)40-2)27(39)38-14-12-37(13-15-38)22-9-5-8-20(16-22)19-6-3-4-7-19/h10-11,17-20,22H,3-9,12-16H2,1-2H3,(H2,33,34,35,36). The van der Waals surface area contributed by atoms with E-state index in [1.807, 2.05) is 4.90 Å². The first-order chi connectivity index (χ1) is 19.3.